The zero-order chi connectivity index (χ0) is 13.3. The molecule has 1 aromatic carbocycles. The van der Waals surface area contributed by atoms with Crippen LogP contribution < -0.4 is 5.32 Å². The largest absolute Gasteiger partial charge is 0.326 e. The Bertz CT molecular complexity index is 507. The van der Waals surface area contributed by atoms with E-state index in [0.717, 1.165) is 12.1 Å². The van der Waals surface area contributed by atoms with Gasteiger partial charge in [-0.25, -0.2) is 13.6 Å². The van der Waals surface area contributed by atoms with Crippen LogP contribution in [0.4, 0.5) is 19.3 Å². The fourth-order valence-corrected chi connectivity index (χ4v) is 1.59. The second-order valence-corrected chi connectivity index (χ2v) is 3.99. The van der Waals surface area contributed by atoms with Crippen molar-refractivity contribution in [3.8, 4) is 0 Å². The van der Waals surface area contributed by atoms with Gasteiger partial charge in [0.1, 0.15) is 18.2 Å². The third-order valence-electron chi connectivity index (χ3n) is 2.59. The Kier molecular flexibility index (Phi) is 3.14. The number of nitrogens with zero attached hydrogens (tertiary/aromatic N) is 2. The van der Waals surface area contributed by atoms with Gasteiger partial charge in [-0.15, -0.1) is 0 Å². The Labute approximate surface area is 102 Å². The normalized spacial score (nSPS) is 15.2. The highest BCUT2D eigenvalue weighted by Crippen LogP contribution is 2.16. The lowest BCUT2D eigenvalue weighted by molar-refractivity contribution is -0.125. The summed E-state index contributed by atoms with van der Waals surface area (Å²) in [7, 11) is 1.56. The topological polar surface area (TPSA) is 52.6 Å². The van der Waals surface area contributed by atoms with Crippen molar-refractivity contribution in [1.82, 2.24) is 9.80 Å². The molecule has 96 valence electrons. The van der Waals surface area contributed by atoms with E-state index < -0.39 is 17.7 Å². The number of hydrogen-bond acceptors (Lipinski definition) is 2. The maximum absolute atomic E-state index is 13.3. The molecule has 0 spiro atoms. The summed E-state index contributed by atoms with van der Waals surface area (Å²) in [6.07, 6.45) is 0. The molecule has 3 amide bonds. The molecule has 1 saturated heterocycles. The van der Waals surface area contributed by atoms with Gasteiger partial charge in [0.25, 0.3) is 0 Å². The fourth-order valence-electron chi connectivity index (χ4n) is 1.59. The summed E-state index contributed by atoms with van der Waals surface area (Å²) in [4.78, 5) is 25.6. The van der Waals surface area contributed by atoms with E-state index in [1.54, 1.807) is 7.05 Å². The predicted molar refractivity (Wildman–Crippen MR) is 59.7 cm³/mol. The quantitative estimate of drug-likeness (QED) is 0.820. The zero-order valence-electron chi connectivity index (χ0n) is 9.61. The van der Waals surface area contributed by atoms with Crippen LogP contribution in [0.25, 0.3) is 0 Å². The first-order valence-corrected chi connectivity index (χ1v) is 5.22. The lowest BCUT2D eigenvalue weighted by atomic mass is 10.3. The second kappa shape index (κ2) is 4.59. The van der Waals surface area contributed by atoms with E-state index in [9.17, 15) is 18.4 Å². The third-order valence-corrected chi connectivity index (χ3v) is 2.59. The first-order valence-electron chi connectivity index (χ1n) is 5.22. The molecule has 1 aromatic rings. The number of rotatable bonds is 1. The monoisotopic (exact) mass is 255 g/mol. The van der Waals surface area contributed by atoms with Crippen LogP contribution in [0.15, 0.2) is 18.2 Å². The van der Waals surface area contributed by atoms with Crippen LogP contribution in [-0.4, -0.2) is 42.0 Å². The lowest BCUT2D eigenvalue weighted by Crippen LogP contribution is -2.34. The second-order valence-electron chi connectivity index (χ2n) is 3.99. The Hall–Kier alpha value is -2.18. The highest BCUT2D eigenvalue weighted by Gasteiger charge is 2.28. The molecule has 1 aliphatic heterocycles. The van der Waals surface area contributed by atoms with Crippen molar-refractivity contribution >= 4 is 17.6 Å². The highest BCUT2D eigenvalue weighted by atomic mass is 19.1. The molecule has 0 unspecified atom stereocenters. The van der Waals surface area contributed by atoms with Crippen LogP contribution in [0.3, 0.4) is 0 Å². The number of benzene rings is 1. The molecule has 7 heteroatoms. The number of carbonyl (C=O) groups is 2. The van der Waals surface area contributed by atoms with Crippen LogP contribution in [0.5, 0.6) is 0 Å². The zero-order valence-corrected chi connectivity index (χ0v) is 9.61. The molecule has 18 heavy (non-hydrogen) atoms. The first kappa shape index (κ1) is 12.3. The SMILES string of the molecule is CN1CN(C(=O)Nc2ccc(F)cc2F)CC1=O. The maximum Gasteiger partial charge on any atom is 0.323 e. The Morgan fingerprint density at radius 2 is 2.11 bits per heavy atom. The molecular formula is C11H11F2N3O2. The van der Waals surface area contributed by atoms with Crippen molar-refractivity contribution in [1.29, 1.82) is 0 Å². The van der Waals surface area contributed by atoms with E-state index in [1.807, 2.05) is 0 Å². The van der Waals surface area contributed by atoms with Crippen LogP contribution in [0, 0.1) is 11.6 Å². The number of halogens is 2. The van der Waals surface area contributed by atoms with Gasteiger partial charge in [0.2, 0.25) is 5.91 Å². The van der Waals surface area contributed by atoms with Crippen molar-refractivity contribution < 1.29 is 18.4 Å². The van der Waals surface area contributed by atoms with E-state index in [2.05, 4.69) is 5.32 Å². The first-order chi connectivity index (χ1) is 8.47. The third kappa shape index (κ3) is 2.39. The van der Waals surface area contributed by atoms with Crippen LogP contribution >= 0.6 is 0 Å². The van der Waals surface area contributed by atoms with Gasteiger partial charge in [0, 0.05) is 13.1 Å². The van der Waals surface area contributed by atoms with Crippen LogP contribution in [0.2, 0.25) is 0 Å². The smallest absolute Gasteiger partial charge is 0.323 e. The number of urea groups is 1. The minimum atomic E-state index is -0.859. The number of carbonyl (C=O) groups excluding carboxylic acids is 2. The van der Waals surface area contributed by atoms with Crippen molar-refractivity contribution in [2.24, 2.45) is 0 Å². The van der Waals surface area contributed by atoms with Crippen molar-refractivity contribution in [3.63, 3.8) is 0 Å². The summed E-state index contributed by atoms with van der Waals surface area (Å²) in [5.41, 5.74) is -0.122. The van der Waals surface area contributed by atoms with E-state index in [1.165, 1.54) is 9.80 Å². The fraction of sp³-hybridized carbons (Fsp3) is 0.273. The van der Waals surface area contributed by atoms with Gasteiger partial charge in [0.15, 0.2) is 0 Å². The molecule has 1 fully saturated rings. The lowest BCUT2D eigenvalue weighted by Gasteiger charge is -2.16. The summed E-state index contributed by atoms with van der Waals surface area (Å²) in [5, 5.41) is 2.29. The highest BCUT2D eigenvalue weighted by molar-refractivity contribution is 5.94. The molecule has 1 aliphatic rings. The molecule has 0 saturated carbocycles. The summed E-state index contributed by atoms with van der Waals surface area (Å²) in [5.74, 6) is -1.77. The van der Waals surface area contributed by atoms with Crippen LogP contribution in [0.1, 0.15) is 0 Å². The molecule has 2 rings (SSSR count). The molecular weight excluding hydrogens is 244 g/mol. The number of nitrogens with one attached hydrogen (secondary N) is 1. The average Bonchev–Trinajstić information content (AvgIpc) is 2.63. The van der Waals surface area contributed by atoms with Crippen molar-refractivity contribution in [2.75, 3.05) is 25.6 Å². The molecule has 5 nitrogen and oxygen atoms in total. The summed E-state index contributed by atoms with van der Waals surface area (Å²) >= 11 is 0. The van der Waals surface area contributed by atoms with Gasteiger partial charge >= 0.3 is 6.03 Å². The molecule has 0 bridgehead atoms. The maximum atomic E-state index is 13.3. The molecule has 1 heterocycles. The summed E-state index contributed by atoms with van der Waals surface area (Å²) in [6, 6.07) is 2.25. The van der Waals surface area contributed by atoms with E-state index in [-0.39, 0.29) is 24.8 Å². The average molecular weight is 255 g/mol. The minimum absolute atomic E-state index is 0.0504. The van der Waals surface area contributed by atoms with Gasteiger partial charge in [-0.05, 0) is 12.1 Å². The molecule has 0 atom stereocenters. The van der Waals surface area contributed by atoms with Gasteiger partial charge in [0.05, 0.1) is 12.4 Å². The number of likely N-dealkylation sites (N-methyl/N-ethyl adjacent to an activating group) is 1. The Morgan fingerprint density at radius 3 is 2.67 bits per heavy atom. The number of hydrogen-bond donors (Lipinski definition) is 1. The minimum Gasteiger partial charge on any atom is -0.326 e. The van der Waals surface area contributed by atoms with E-state index >= 15 is 0 Å². The number of amides is 3. The molecule has 1 N–H and O–H groups in total. The van der Waals surface area contributed by atoms with E-state index in [4.69, 9.17) is 0 Å². The summed E-state index contributed by atoms with van der Waals surface area (Å²) < 4.78 is 26.0. The molecule has 0 aliphatic carbocycles. The van der Waals surface area contributed by atoms with Crippen LogP contribution in [-0.2, 0) is 4.79 Å². The van der Waals surface area contributed by atoms with Gasteiger partial charge in [-0.3, -0.25) is 9.69 Å². The Morgan fingerprint density at radius 1 is 1.39 bits per heavy atom. The standard InChI is InChI=1S/C11H11F2N3O2/c1-15-6-16(5-10(15)17)11(18)14-9-3-2-7(12)4-8(9)13/h2-4H,5-6H2,1H3,(H,14,18). The van der Waals surface area contributed by atoms with Crippen molar-refractivity contribution in [3.05, 3.63) is 29.8 Å². The summed E-state index contributed by atoms with van der Waals surface area (Å²) in [6.45, 7) is 0.0959. The van der Waals surface area contributed by atoms with Gasteiger partial charge in [-0.1, -0.05) is 0 Å². The van der Waals surface area contributed by atoms with Crippen molar-refractivity contribution in [2.45, 2.75) is 0 Å². The molecule has 0 aromatic heterocycles. The van der Waals surface area contributed by atoms with Gasteiger partial charge < -0.3 is 10.2 Å². The van der Waals surface area contributed by atoms with E-state index in [0.29, 0.717) is 6.07 Å². The predicted octanol–water partition coefficient (Wildman–Crippen LogP) is 1.23. The van der Waals surface area contributed by atoms with Gasteiger partial charge in [-0.2, -0.15) is 0 Å². The Balaban J connectivity index is 2.06. The number of anilines is 1. The molecule has 0 radical (unpaired) electrons.